The second kappa shape index (κ2) is 7.04. The van der Waals surface area contributed by atoms with Crippen LogP contribution in [0.1, 0.15) is 35.5 Å². The van der Waals surface area contributed by atoms with Gasteiger partial charge in [-0.05, 0) is 37.6 Å². The van der Waals surface area contributed by atoms with Crippen molar-refractivity contribution >= 4 is 27.3 Å². The number of oxazole rings is 1. The van der Waals surface area contributed by atoms with Gasteiger partial charge in [0, 0.05) is 6.61 Å². The van der Waals surface area contributed by atoms with Crippen LogP contribution in [0.5, 0.6) is 0 Å². The van der Waals surface area contributed by atoms with Crippen molar-refractivity contribution in [2.75, 3.05) is 12.4 Å². The topological polar surface area (TPSA) is 98.5 Å². The van der Waals surface area contributed by atoms with Gasteiger partial charge in [-0.3, -0.25) is 4.79 Å². The van der Waals surface area contributed by atoms with Gasteiger partial charge in [-0.25, -0.2) is 18.1 Å². The van der Waals surface area contributed by atoms with Gasteiger partial charge in [0.25, 0.3) is 5.91 Å². The number of ether oxygens (including phenoxy) is 1. The number of sulfonamides is 1. The maximum absolute atomic E-state index is 12.3. The zero-order valence-corrected chi connectivity index (χ0v) is 14.8. The Morgan fingerprint density at radius 1 is 1.46 bits per heavy atom. The molecule has 1 saturated heterocycles. The number of hydrogen-bond donors (Lipinski definition) is 1. The van der Waals surface area contributed by atoms with E-state index in [1.165, 1.54) is 11.3 Å². The van der Waals surface area contributed by atoms with E-state index < -0.39 is 15.9 Å². The van der Waals surface area contributed by atoms with Crippen LogP contribution in [0, 0.1) is 6.92 Å². The van der Waals surface area contributed by atoms with Gasteiger partial charge in [0.1, 0.15) is 5.76 Å². The predicted octanol–water partition coefficient (Wildman–Crippen LogP) is 2.34. The van der Waals surface area contributed by atoms with Crippen LogP contribution in [0.3, 0.4) is 0 Å². The molecular weight excluding hydrogens is 352 g/mol. The highest BCUT2D eigenvalue weighted by Crippen LogP contribution is 2.26. The van der Waals surface area contributed by atoms with E-state index in [2.05, 4.69) is 9.71 Å². The van der Waals surface area contributed by atoms with E-state index in [0.29, 0.717) is 18.9 Å². The molecule has 0 aliphatic carbocycles. The molecule has 2 aromatic heterocycles. The van der Waals surface area contributed by atoms with Crippen LogP contribution >= 0.6 is 11.3 Å². The Labute approximate surface area is 144 Å². The van der Waals surface area contributed by atoms with Gasteiger partial charge in [-0.2, -0.15) is 0 Å². The van der Waals surface area contributed by atoms with Crippen molar-refractivity contribution in [1.82, 2.24) is 9.71 Å². The Kier molecular flexibility index (Phi) is 5.02. The van der Waals surface area contributed by atoms with Gasteiger partial charge < -0.3 is 9.15 Å². The highest BCUT2D eigenvalue weighted by molar-refractivity contribution is 7.90. The Bertz CT molecular complexity index is 805. The lowest BCUT2D eigenvalue weighted by Gasteiger charge is -2.22. The summed E-state index contributed by atoms with van der Waals surface area (Å²) in [5, 5.41) is 1.86. The smallest absolute Gasteiger partial charge is 0.286 e. The van der Waals surface area contributed by atoms with Crippen molar-refractivity contribution in [1.29, 1.82) is 0 Å². The van der Waals surface area contributed by atoms with Crippen LogP contribution in [0.2, 0.25) is 0 Å². The van der Waals surface area contributed by atoms with E-state index in [-0.39, 0.29) is 23.3 Å². The number of nitrogens with zero attached hydrogens (tertiary/aromatic N) is 1. The molecule has 1 fully saturated rings. The molecule has 130 valence electrons. The van der Waals surface area contributed by atoms with Crippen molar-refractivity contribution in [3.8, 4) is 10.8 Å². The van der Waals surface area contributed by atoms with E-state index in [1.807, 2.05) is 17.5 Å². The van der Waals surface area contributed by atoms with Crippen LogP contribution in [0.25, 0.3) is 10.8 Å². The number of aromatic nitrogens is 1. The SMILES string of the molecule is Cc1oc(-c2cccs2)nc1C(=O)NS(=O)(=O)CC1CCCCO1. The number of carbonyl (C=O) groups is 1. The largest absolute Gasteiger partial charge is 0.440 e. The molecule has 9 heteroatoms. The summed E-state index contributed by atoms with van der Waals surface area (Å²) in [6.45, 7) is 2.14. The van der Waals surface area contributed by atoms with Crippen LogP contribution in [0.15, 0.2) is 21.9 Å². The first-order chi connectivity index (χ1) is 11.4. The lowest BCUT2D eigenvalue weighted by Crippen LogP contribution is -2.38. The average Bonchev–Trinajstić information content (AvgIpc) is 3.16. The molecule has 0 bridgehead atoms. The summed E-state index contributed by atoms with van der Waals surface area (Å²) in [6, 6.07) is 3.66. The zero-order chi connectivity index (χ0) is 17.2. The first-order valence-corrected chi connectivity index (χ1v) is 10.2. The van der Waals surface area contributed by atoms with Crippen molar-refractivity contribution in [3.05, 3.63) is 29.0 Å². The molecule has 1 atom stereocenters. The van der Waals surface area contributed by atoms with E-state index in [4.69, 9.17) is 9.15 Å². The number of aryl methyl sites for hydroxylation is 1. The minimum atomic E-state index is -3.79. The lowest BCUT2D eigenvalue weighted by molar-refractivity contribution is 0.0304. The molecule has 1 N–H and O–H groups in total. The number of nitrogens with one attached hydrogen (secondary N) is 1. The fourth-order valence-corrected chi connectivity index (χ4v) is 4.39. The lowest BCUT2D eigenvalue weighted by atomic mass is 10.1. The Hall–Kier alpha value is -1.71. The van der Waals surface area contributed by atoms with E-state index in [1.54, 1.807) is 6.92 Å². The van der Waals surface area contributed by atoms with Crippen molar-refractivity contribution in [3.63, 3.8) is 0 Å². The summed E-state index contributed by atoms with van der Waals surface area (Å²) < 4.78 is 37.3. The average molecular weight is 370 g/mol. The molecule has 1 unspecified atom stereocenters. The molecule has 24 heavy (non-hydrogen) atoms. The van der Waals surface area contributed by atoms with Gasteiger partial charge in [0.2, 0.25) is 15.9 Å². The molecule has 0 aromatic carbocycles. The van der Waals surface area contributed by atoms with Crippen molar-refractivity contribution in [2.24, 2.45) is 0 Å². The molecule has 1 amide bonds. The first-order valence-electron chi connectivity index (χ1n) is 7.62. The van der Waals surface area contributed by atoms with Gasteiger partial charge in [-0.15, -0.1) is 11.3 Å². The molecule has 7 nitrogen and oxygen atoms in total. The normalized spacial score (nSPS) is 18.5. The molecule has 1 aliphatic rings. The quantitative estimate of drug-likeness (QED) is 0.867. The minimum Gasteiger partial charge on any atom is -0.440 e. The molecule has 0 saturated carbocycles. The third-order valence-electron chi connectivity index (χ3n) is 3.67. The van der Waals surface area contributed by atoms with Crippen molar-refractivity contribution in [2.45, 2.75) is 32.3 Å². The Morgan fingerprint density at radius 3 is 2.96 bits per heavy atom. The second-order valence-corrected chi connectivity index (χ2v) is 8.32. The number of hydrogen-bond acceptors (Lipinski definition) is 7. The molecular formula is C15H18N2O5S2. The van der Waals surface area contributed by atoms with Gasteiger partial charge >= 0.3 is 0 Å². The number of rotatable bonds is 5. The van der Waals surface area contributed by atoms with Crippen LogP contribution < -0.4 is 4.72 Å². The zero-order valence-electron chi connectivity index (χ0n) is 13.1. The summed E-state index contributed by atoms with van der Waals surface area (Å²) in [5.41, 5.74) is -0.0217. The molecule has 2 aromatic rings. The molecule has 1 aliphatic heterocycles. The fourth-order valence-electron chi connectivity index (χ4n) is 2.53. The molecule has 0 spiro atoms. The third kappa shape index (κ3) is 4.03. The fraction of sp³-hybridized carbons (Fsp3) is 0.467. The van der Waals surface area contributed by atoms with E-state index in [0.717, 1.165) is 17.7 Å². The maximum Gasteiger partial charge on any atom is 0.286 e. The molecule has 3 rings (SSSR count). The number of amides is 1. The van der Waals surface area contributed by atoms with Crippen LogP contribution in [0.4, 0.5) is 0 Å². The molecule has 0 radical (unpaired) electrons. The maximum atomic E-state index is 12.3. The Balaban J connectivity index is 1.70. The van der Waals surface area contributed by atoms with E-state index >= 15 is 0 Å². The Morgan fingerprint density at radius 2 is 2.29 bits per heavy atom. The van der Waals surface area contributed by atoms with Crippen LogP contribution in [-0.4, -0.2) is 37.8 Å². The first kappa shape index (κ1) is 17.1. The van der Waals surface area contributed by atoms with Crippen LogP contribution in [-0.2, 0) is 14.8 Å². The monoisotopic (exact) mass is 370 g/mol. The predicted molar refractivity (Wildman–Crippen MR) is 89.4 cm³/mol. The number of carbonyl (C=O) groups excluding carboxylic acids is 1. The highest BCUT2D eigenvalue weighted by Gasteiger charge is 2.26. The van der Waals surface area contributed by atoms with Gasteiger partial charge in [-0.1, -0.05) is 6.07 Å². The third-order valence-corrected chi connectivity index (χ3v) is 5.84. The second-order valence-electron chi connectivity index (χ2n) is 5.60. The summed E-state index contributed by atoms with van der Waals surface area (Å²) in [4.78, 5) is 17.1. The number of thiophene rings is 1. The summed E-state index contributed by atoms with van der Waals surface area (Å²) in [5.74, 6) is -0.427. The summed E-state index contributed by atoms with van der Waals surface area (Å²) >= 11 is 1.42. The van der Waals surface area contributed by atoms with Gasteiger partial charge in [0.15, 0.2) is 5.69 Å². The highest BCUT2D eigenvalue weighted by atomic mass is 32.2. The van der Waals surface area contributed by atoms with E-state index in [9.17, 15) is 13.2 Å². The summed E-state index contributed by atoms with van der Waals surface area (Å²) in [7, 11) is -3.79. The standard InChI is InChI=1S/C15H18N2O5S2/c1-10-13(16-15(22-10)12-6-4-8-23-12)14(18)17-24(19,20)9-11-5-2-3-7-21-11/h4,6,8,11H,2-3,5,7,9H2,1H3,(H,17,18). The molecule has 3 heterocycles. The minimum absolute atomic E-state index is 0.0217. The van der Waals surface area contributed by atoms with Gasteiger partial charge in [0.05, 0.1) is 16.7 Å². The summed E-state index contributed by atoms with van der Waals surface area (Å²) in [6.07, 6.45) is 2.18. The van der Waals surface area contributed by atoms with Crippen molar-refractivity contribution < 1.29 is 22.4 Å².